The lowest BCUT2D eigenvalue weighted by molar-refractivity contribution is 0.580. The normalized spacial score (nSPS) is 11.8. The van der Waals surface area contributed by atoms with Crippen molar-refractivity contribution in [2.75, 3.05) is 7.05 Å². The molecule has 0 unspecified atom stereocenters. The second-order valence-corrected chi connectivity index (χ2v) is 7.81. The minimum atomic E-state index is -3.53. The molecule has 1 aromatic carbocycles. The summed E-state index contributed by atoms with van der Waals surface area (Å²) < 4.78 is 27.5. The Morgan fingerprint density at radius 3 is 2.62 bits per heavy atom. The molecule has 0 atom stereocenters. The van der Waals surface area contributed by atoms with E-state index in [9.17, 15) is 8.42 Å². The zero-order valence-electron chi connectivity index (χ0n) is 12.3. The molecule has 0 amide bonds. The van der Waals surface area contributed by atoms with Gasteiger partial charge in [0.2, 0.25) is 10.0 Å². The van der Waals surface area contributed by atoms with E-state index in [1.54, 1.807) is 18.3 Å². The first-order chi connectivity index (χ1) is 9.94. The van der Waals surface area contributed by atoms with Crippen LogP contribution in [0.5, 0.6) is 0 Å². The first kappa shape index (κ1) is 16.1. The van der Waals surface area contributed by atoms with Crippen molar-refractivity contribution in [1.29, 1.82) is 0 Å². The molecule has 7 heteroatoms. The molecular formula is C14H19N3O2S2. The Hall–Kier alpha value is -1.28. The third kappa shape index (κ3) is 3.88. The van der Waals surface area contributed by atoms with E-state index < -0.39 is 10.0 Å². The minimum absolute atomic E-state index is 0.219. The van der Waals surface area contributed by atoms with Crippen molar-refractivity contribution < 1.29 is 8.42 Å². The van der Waals surface area contributed by atoms with Crippen molar-refractivity contribution >= 4 is 21.4 Å². The summed E-state index contributed by atoms with van der Waals surface area (Å²) in [4.78, 5) is 5.55. The van der Waals surface area contributed by atoms with E-state index in [-0.39, 0.29) is 6.54 Å². The Balaban J connectivity index is 2.21. The molecule has 0 aliphatic carbocycles. The second-order valence-electron chi connectivity index (χ2n) is 4.76. The van der Waals surface area contributed by atoms with Crippen molar-refractivity contribution in [3.8, 4) is 0 Å². The summed E-state index contributed by atoms with van der Waals surface area (Å²) in [5, 5.41) is 3.80. The number of aromatic nitrogens is 1. The van der Waals surface area contributed by atoms with Crippen LogP contribution in [0.4, 0.5) is 0 Å². The van der Waals surface area contributed by atoms with Gasteiger partial charge in [0.05, 0.1) is 11.4 Å². The Morgan fingerprint density at radius 1 is 1.24 bits per heavy atom. The summed E-state index contributed by atoms with van der Waals surface area (Å²) >= 11 is 1.49. The van der Waals surface area contributed by atoms with E-state index in [0.29, 0.717) is 11.4 Å². The van der Waals surface area contributed by atoms with Crippen LogP contribution in [0.3, 0.4) is 0 Å². The zero-order valence-corrected chi connectivity index (χ0v) is 13.9. The molecule has 0 spiro atoms. The average Bonchev–Trinajstić information content (AvgIpc) is 2.85. The molecule has 21 heavy (non-hydrogen) atoms. The summed E-state index contributed by atoms with van der Waals surface area (Å²) in [6.07, 6.45) is 1.74. The first-order valence-corrected chi connectivity index (χ1v) is 8.88. The number of hydrogen-bond acceptors (Lipinski definition) is 5. The number of nitrogens with zero attached hydrogens (tertiary/aromatic N) is 1. The molecule has 0 bridgehead atoms. The predicted octanol–water partition coefficient (Wildman–Crippen LogP) is 1.96. The van der Waals surface area contributed by atoms with Crippen LogP contribution in [0.15, 0.2) is 29.3 Å². The van der Waals surface area contributed by atoms with E-state index in [4.69, 9.17) is 0 Å². The van der Waals surface area contributed by atoms with Gasteiger partial charge in [0, 0.05) is 17.6 Å². The fraction of sp³-hybridized carbons (Fsp3) is 0.357. The molecule has 114 valence electrons. The molecule has 5 nitrogen and oxygen atoms in total. The van der Waals surface area contributed by atoms with E-state index >= 15 is 0 Å². The van der Waals surface area contributed by atoms with Gasteiger partial charge in [-0.15, -0.1) is 11.3 Å². The molecule has 2 rings (SSSR count). The highest BCUT2D eigenvalue weighted by molar-refractivity contribution is 7.89. The topological polar surface area (TPSA) is 71.1 Å². The Morgan fingerprint density at radius 2 is 2.00 bits per heavy atom. The summed E-state index contributed by atoms with van der Waals surface area (Å²) in [6, 6.07) is 5.32. The molecule has 0 saturated carbocycles. The van der Waals surface area contributed by atoms with Crippen molar-refractivity contribution in [2.45, 2.75) is 31.8 Å². The monoisotopic (exact) mass is 325 g/mol. The van der Waals surface area contributed by atoms with E-state index in [0.717, 1.165) is 21.0 Å². The van der Waals surface area contributed by atoms with Gasteiger partial charge in [0.1, 0.15) is 5.01 Å². The van der Waals surface area contributed by atoms with Gasteiger partial charge < -0.3 is 5.32 Å². The van der Waals surface area contributed by atoms with Gasteiger partial charge in [-0.25, -0.2) is 18.1 Å². The third-order valence-electron chi connectivity index (χ3n) is 3.14. The molecule has 0 radical (unpaired) electrons. The lowest BCUT2D eigenvalue weighted by atomic mass is 10.1. The molecular weight excluding hydrogens is 306 g/mol. The molecule has 2 aromatic rings. The van der Waals surface area contributed by atoms with Crippen LogP contribution in [-0.2, 0) is 23.1 Å². The van der Waals surface area contributed by atoms with Gasteiger partial charge in [-0.05, 0) is 38.1 Å². The summed E-state index contributed by atoms with van der Waals surface area (Å²) in [6.45, 7) is 4.63. The highest BCUT2D eigenvalue weighted by Crippen LogP contribution is 2.19. The van der Waals surface area contributed by atoms with Crippen LogP contribution in [0.1, 0.15) is 21.0 Å². The second kappa shape index (κ2) is 6.65. The number of rotatable bonds is 6. The van der Waals surface area contributed by atoms with E-state index in [1.807, 2.05) is 27.0 Å². The Labute approximate surface area is 129 Å². The zero-order chi connectivity index (χ0) is 15.5. The number of nitrogens with one attached hydrogen (secondary N) is 2. The molecule has 0 saturated heterocycles. The van der Waals surface area contributed by atoms with Gasteiger partial charge in [-0.1, -0.05) is 12.1 Å². The number of sulfonamides is 1. The molecule has 0 aliphatic rings. The van der Waals surface area contributed by atoms with Gasteiger partial charge in [-0.3, -0.25) is 0 Å². The maximum atomic E-state index is 12.4. The quantitative estimate of drug-likeness (QED) is 0.852. The number of thiazole rings is 1. The van der Waals surface area contributed by atoms with Crippen molar-refractivity contribution in [2.24, 2.45) is 0 Å². The molecule has 2 N–H and O–H groups in total. The number of hydrogen-bond donors (Lipinski definition) is 2. The van der Waals surface area contributed by atoms with Crippen molar-refractivity contribution in [3.05, 3.63) is 45.4 Å². The Kier molecular flexibility index (Phi) is 5.10. The average molecular weight is 325 g/mol. The maximum absolute atomic E-state index is 12.4. The predicted molar refractivity (Wildman–Crippen MR) is 84.8 cm³/mol. The van der Waals surface area contributed by atoms with Crippen LogP contribution in [0.2, 0.25) is 0 Å². The highest BCUT2D eigenvalue weighted by Gasteiger charge is 2.18. The number of benzene rings is 1. The van der Waals surface area contributed by atoms with Crippen molar-refractivity contribution in [1.82, 2.24) is 15.0 Å². The van der Waals surface area contributed by atoms with Crippen molar-refractivity contribution in [3.63, 3.8) is 0 Å². The van der Waals surface area contributed by atoms with Crippen LogP contribution in [0.25, 0.3) is 0 Å². The van der Waals surface area contributed by atoms with Gasteiger partial charge >= 0.3 is 0 Å². The highest BCUT2D eigenvalue weighted by atomic mass is 32.2. The maximum Gasteiger partial charge on any atom is 0.241 e. The van der Waals surface area contributed by atoms with Gasteiger partial charge in [-0.2, -0.15) is 0 Å². The van der Waals surface area contributed by atoms with Gasteiger partial charge in [0.15, 0.2) is 0 Å². The lowest BCUT2D eigenvalue weighted by Gasteiger charge is -2.12. The largest absolute Gasteiger partial charge is 0.316 e. The summed E-state index contributed by atoms with van der Waals surface area (Å²) in [5.74, 6) is 0. The summed E-state index contributed by atoms with van der Waals surface area (Å²) in [7, 11) is -1.69. The third-order valence-corrected chi connectivity index (χ3v) is 5.59. The van der Waals surface area contributed by atoms with Crippen LogP contribution < -0.4 is 10.0 Å². The fourth-order valence-corrected chi connectivity index (χ4v) is 4.14. The van der Waals surface area contributed by atoms with E-state index in [2.05, 4.69) is 15.0 Å². The van der Waals surface area contributed by atoms with Crippen LogP contribution >= 0.6 is 11.3 Å². The summed E-state index contributed by atoms with van der Waals surface area (Å²) in [5.41, 5.74) is 1.75. The van der Waals surface area contributed by atoms with E-state index in [1.165, 1.54) is 11.3 Å². The van der Waals surface area contributed by atoms with Crippen LogP contribution in [0, 0.1) is 13.8 Å². The smallest absolute Gasteiger partial charge is 0.241 e. The molecule has 0 fully saturated rings. The number of aryl methyl sites for hydroxylation is 1. The standard InChI is InChI=1S/C14H19N3O2S2/c1-10-7-16-14(20-10)9-17-21(18,19)13-6-4-5-12(8-15-3)11(13)2/h4-7,15,17H,8-9H2,1-3H3. The molecule has 1 aromatic heterocycles. The lowest BCUT2D eigenvalue weighted by Crippen LogP contribution is -2.24. The molecule has 0 aliphatic heterocycles. The molecule has 1 heterocycles. The Bertz CT molecular complexity index is 724. The fourth-order valence-electron chi connectivity index (χ4n) is 2.05. The van der Waals surface area contributed by atoms with Crippen LogP contribution in [-0.4, -0.2) is 20.4 Å². The minimum Gasteiger partial charge on any atom is -0.316 e. The van der Waals surface area contributed by atoms with Gasteiger partial charge in [0.25, 0.3) is 0 Å². The SMILES string of the molecule is CNCc1cccc(S(=O)(=O)NCc2ncc(C)s2)c1C. The first-order valence-electron chi connectivity index (χ1n) is 6.58.